The lowest BCUT2D eigenvalue weighted by atomic mass is 9.96. The van der Waals surface area contributed by atoms with Gasteiger partial charge >= 0.3 is 0 Å². The van der Waals surface area contributed by atoms with E-state index in [1.165, 1.54) is 11.3 Å². The molecule has 130 valence electrons. The summed E-state index contributed by atoms with van der Waals surface area (Å²) in [6.07, 6.45) is 1.57. The Labute approximate surface area is 142 Å². The lowest BCUT2D eigenvalue weighted by Gasteiger charge is -2.33. The first-order valence-electron chi connectivity index (χ1n) is 9.04. The number of rotatable bonds is 3. The molecule has 0 unspecified atom stereocenters. The summed E-state index contributed by atoms with van der Waals surface area (Å²) < 4.78 is 13.9. The molecule has 4 nitrogen and oxygen atoms in total. The van der Waals surface area contributed by atoms with Gasteiger partial charge in [0, 0.05) is 37.8 Å². The third-order valence-electron chi connectivity index (χ3n) is 6.32. The van der Waals surface area contributed by atoms with Crippen LogP contribution in [0, 0.1) is 18.8 Å². The number of anilines is 1. The molecule has 0 bridgehead atoms. The van der Waals surface area contributed by atoms with Crippen molar-refractivity contribution in [1.82, 2.24) is 4.90 Å². The van der Waals surface area contributed by atoms with Crippen LogP contribution >= 0.6 is 0 Å². The van der Waals surface area contributed by atoms with Gasteiger partial charge in [-0.15, -0.1) is 0 Å². The lowest BCUT2D eigenvalue weighted by Crippen LogP contribution is -2.48. The van der Waals surface area contributed by atoms with Crippen LogP contribution in [0.2, 0.25) is 0 Å². The first-order chi connectivity index (χ1) is 11.5. The zero-order valence-corrected chi connectivity index (χ0v) is 14.2. The molecule has 1 saturated carbocycles. The average Bonchev–Trinajstić information content (AvgIpc) is 3.21. The highest BCUT2D eigenvalue weighted by atomic mass is 19.1. The van der Waals surface area contributed by atoms with E-state index in [4.69, 9.17) is 5.73 Å². The Bertz CT molecular complexity index is 637. The summed E-state index contributed by atoms with van der Waals surface area (Å²) in [5.74, 6) is 0.783. The number of benzene rings is 1. The largest absolute Gasteiger partial charge is 0.371 e. The van der Waals surface area contributed by atoms with Crippen LogP contribution in [-0.4, -0.2) is 48.7 Å². The van der Waals surface area contributed by atoms with E-state index in [0.717, 1.165) is 25.9 Å². The Morgan fingerprint density at radius 2 is 2.00 bits per heavy atom. The fraction of sp³-hybridized carbons (Fsp3) is 0.632. The van der Waals surface area contributed by atoms with Gasteiger partial charge in [0.1, 0.15) is 6.17 Å². The third kappa shape index (κ3) is 2.59. The molecule has 1 amide bonds. The number of fused-ring (bicyclic) bond motifs is 1. The Hall–Kier alpha value is -1.62. The molecule has 3 aliphatic rings. The van der Waals surface area contributed by atoms with Crippen molar-refractivity contribution in [3.8, 4) is 0 Å². The summed E-state index contributed by atoms with van der Waals surface area (Å²) in [6, 6.07) is 8.37. The van der Waals surface area contributed by atoms with Crippen LogP contribution in [0.3, 0.4) is 0 Å². The quantitative estimate of drug-likeness (QED) is 0.923. The molecule has 0 aromatic heterocycles. The first-order valence-corrected chi connectivity index (χ1v) is 9.04. The predicted octanol–water partition coefficient (Wildman–Crippen LogP) is 2.11. The maximum Gasteiger partial charge on any atom is 0.234 e. The minimum Gasteiger partial charge on any atom is -0.371 e. The molecule has 1 aliphatic carbocycles. The van der Waals surface area contributed by atoms with Gasteiger partial charge in [0.05, 0.1) is 6.04 Å². The number of likely N-dealkylation sites (tertiary alicyclic amines) is 1. The molecular weight excluding hydrogens is 305 g/mol. The first kappa shape index (κ1) is 15.9. The number of alkyl halides is 1. The number of hydrogen-bond acceptors (Lipinski definition) is 3. The second-order valence-electron chi connectivity index (χ2n) is 7.71. The summed E-state index contributed by atoms with van der Waals surface area (Å²) >= 11 is 0. The Morgan fingerprint density at radius 3 is 2.75 bits per heavy atom. The van der Waals surface area contributed by atoms with Gasteiger partial charge in [0.25, 0.3) is 0 Å². The average molecular weight is 331 g/mol. The zero-order valence-electron chi connectivity index (χ0n) is 14.2. The molecular formula is C19H26FN3O. The number of para-hydroxylation sites is 1. The van der Waals surface area contributed by atoms with Gasteiger partial charge in [-0.1, -0.05) is 18.2 Å². The van der Waals surface area contributed by atoms with Gasteiger partial charge in [0.2, 0.25) is 5.91 Å². The van der Waals surface area contributed by atoms with Gasteiger partial charge in [-0.3, -0.25) is 9.69 Å². The minimum atomic E-state index is -0.921. The van der Waals surface area contributed by atoms with Gasteiger partial charge < -0.3 is 10.6 Å². The molecule has 2 aliphatic heterocycles. The number of primary amides is 1. The van der Waals surface area contributed by atoms with Crippen molar-refractivity contribution in [2.24, 2.45) is 17.6 Å². The molecule has 2 N–H and O–H groups in total. The van der Waals surface area contributed by atoms with Crippen LogP contribution in [0.25, 0.3) is 0 Å². The molecule has 3 fully saturated rings. The number of hydrogen-bond donors (Lipinski definition) is 1. The molecule has 0 radical (unpaired) electrons. The lowest BCUT2D eigenvalue weighted by molar-refractivity contribution is -0.123. The van der Waals surface area contributed by atoms with Gasteiger partial charge in [-0.05, 0) is 43.2 Å². The van der Waals surface area contributed by atoms with Crippen molar-refractivity contribution in [2.75, 3.05) is 24.5 Å². The van der Waals surface area contributed by atoms with Crippen LogP contribution < -0.4 is 10.6 Å². The highest BCUT2D eigenvalue weighted by molar-refractivity contribution is 5.80. The smallest absolute Gasteiger partial charge is 0.234 e. The van der Waals surface area contributed by atoms with E-state index in [2.05, 4.69) is 41.0 Å². The fourth-order valence-electron chi connectivity index (χ4n) is 5.22. The zero-order chi connectivity index (χ0) is 16.8. The SMILES string of the molecule is Cc1ccccc1N1C[C@H]2CC[C@H](N3C[C@H](F)C[C@H]3C(N)=O)[C@H]2C1. The van der Waals surface area contributed by atoms with Crippen molar-refractivity contribution in [1.29, 1.82) is 0 Å². The van der Waals surface area contributed by atoms with Gasteiger partial charge in [0.15, 0.2) is 0 Å². The van der Waals surface area contributed by atoms with Crippen molar-refractivity contribution in [3.63, 3.8) is 0 Å². The van der Waals surface area contributed by atoms with E-state index in [1.807, 2.05) is 0 Å². The van der Waals surface area contributed by atoms with Crippen LogP contribution in [-0.2, 0) is 4.79 Å². The predicted molar refractivity (Wildman–Crippen MR) is 92.6 cm³/mol. The molecule has 1 aromatic rings. The number of nitrogens with zero attached hydrogens (tertiary/aromatic N) is 2. The Balaban J connectivity index is 1.53. The number of halogens is 1. The van der Waals surface area contributed by atoms with E-state index in [9.17, 15) is 9.18 Å². The van der Waals surface area contributed by atoms with E-state index in [1.54, 1.807) is 0 Å². The van der Waals surface area contributed by atoms with Crippen molar-refractivity contribution >= 4 is 11.6 Å². The monoisotopic (exact) mass is 331 g/mol. The van der Waals surface area contributed by atoms with Crippen LogP contribution in [0.4, 0.5) is 10.1 Å². The highest BCUT2D eigenvalue weighted by Gasteiger charge is 2.49. The van der Waals surface area contributed by atoms with Gasteiger partial charge in [-0.25, -0.2) is 4.39 Å². The maximum absolute atomic E-state index is 13.9. The van der Waals surface area contributed by atoms with Crippen molar-refractivity contribution < 1.29 is 9.18 Å². The van der Waals surface area contributed by atoms with E-state index >= 15 is 0 Å². The van der Waals surface area contributed by atoms with E-state index < -0.39 is 12.2 Å². The number of amides is 1. The maximum atomic E-state index is 13.9. The molecule has 1 aromatic carbocycles. The van der Waals surface area contributed by atoms with Crippen LogP contribution in [0.15, 0.2) is 24.3 Å². The number of aryl methyl sites for hydroxylation is 1. The van der Waals surface area contributed by atoms with E-state index in [-0.39, 0.29) is 12.3 Å². The summed E-state index contributed by atoms with van der Waals surface area (Å²) in [7, 11) is 0. The topological polar surface area (TPSA) is 49.6 Å². The molecule has 4 rings (SSSR count). The van der Waals surface area contributed by atoms with Crippen LogP contribution in [0.1, 0.15) is 24.8 Å². The van der Waals surface area contributed by atoms with Crippen molar-refractivity contribution in [3.05, 3.63) is 29.8 Å². The minimum absolute atomic E-state index is 0.269. The standard InChI is InChI=1S/C19H26FN3O/c1-12-4-2-3-5-16(12)22-9-13-6-7-17(15(13)11-22)23-10-14(20)8-18(23)19(21)24/h2-5,13-15,17-18H,6-11H2,1H3,(H2,21,24)/t13-,14-,15+,17+,18+/m1/s1. The van der Waals surface area contributed by atoms with Crippen LogP contribution in [0.5, 0.6) is 0 Å². The summed E-state index contributed by atoms with van der Waals surface area (Å²) in [4.78, 5) is 16.3. The Kier molecular flexibility index (Phi) is 3.99. The molecule has 5 atom stereocenters. The number of carbonyl (C=O) groups is 1. The molecule has 5 heteroatoms. The molecule has 24 heavy (non-hydrogen) atoms. The highest BCUT2D eigenvalue weighted by Crippen LogP contribution is 2.44. The third-order valence-corrected chi connectivity index (χ3v) is 6.32. The normalized spacial score (nSPS) is 36.2. The summed E-state index contributed by atoms with van der Waals surface area (Å²) in [5.41, 5.74) is 8.14. The second kappa shape index (κ2) is 6.03. The second-order valence-corrected chi connectivity index (χ2v) is 7.71. The summed E-state index contributed by atoms with van der Waals surface area (Å²) in [5, 5.41) is 0. The molecule has 2 saturated heterocycles. The van der Waals surface area contributed by atoms with Gasteiger partial charge in [-0.2, -0.15) is 0 Å². The molecule has 2 heterocycles. The Morgan fingerprint density at radius 1 is 1.21 bits per heavy atom. The van der Waals surface area contributed by atoms with E-state index in [0.29, 0.717) is 24.4 Å². The fourth-order valence-corrected chi connectivity index (χ4v) is 5.22. The number of nitrogens with two attached hydrogens (primary N) is 1. The molecule has 0 spiro atoms. The van der Waals surface area contributed by atoms with Crippen molar-refractivity contribution in [2.45, 2.75) is 44.4 Å². The summed E-state index contributed by atoms with van der Waals surface area (Å²) in [6.45, 7) is 4.59. The number of carbonyl (C=O) groups excluding carboxylic acids is 1.